The van der Waals surface area contributed by atoms with E-state index in [1.165, 1.54) is 6.07 Å². The second-order valence-corrected chi connectivity index (χ2v) is 3.79. The Labute approximate surface area is 90.5 Å². The molecule has 14 heavy (non-hydrogen) atoms. The molecule has 0 amide bonds. The topological polar surface area (TPSA) is 40.5 Å². The van der Waals surface area contributed by atoms with Crippen molar-refractivity contribution in [1.29, 1.82) is 0 Å². The fourth-order valence-electron chi connectivity index (χ4n) is 1.19. The quantitative estimate of drug-likeness (QED) is 0.818. The third kappa shape index (κ3) is 2.32. The van der Waals surface area contributed by atoms with Crippen molar-refractivity contribution in [2.24, 2.45) is 0 Å². The maximum Gasteiger partial charge on any atom is 0.132 e. The summed E-state index contributed by atoms with van der Waals surface area (Å²) in [6.07, 6.45) is -2.18. The van der Waals surface area contributed by atoms with E-state index in [4.69, 9.17) is 0 Å². The van der Waals surface area contributed by atoms with Gasteiger partial charge in [0.25, 0.3) is 0 Å². The van der Waals surface area contributed by atoms with Gasteiger partial charge in [-0.15, -0.1) is 0 Å². The largest absolute Gasteiger partial charge is 0.389 e. The molecular formula is C10H12BrFO2. The van der Waals surface area contributed by atoms with E-state index in [0.717, 1.165) is 0 Å². The minimum absolute atomic E-state index is 0.136. The first kappa shape index (κ1) is 11.6. The van der Waals surface area contributed by atoms with E-state index in [-0.39, 0.29) is 10.9 Å². The highest BCUT2D eigenvalue weighted by molar-refractivity contribution is 9.09. The zero-order valence-corrected chi connectivity index (χ0v) is 9.33. The summed E-state index contributed by atoms with van der Waals surface area (Å²) in [5, 5.41) is 19.1. The summed E-state index contributed by atoms with van der Waals surface area (Å²) >= 11 is 3.02. The van der Waals surface area contributed by atoms with E-state index >= 15 is 0 Å². The molecule has 1 aromatic rings. The predicted octanol–water partition coefficient (Wildman–Crippen LogP) is 1.92. The minimum atomic E-state index is -1.19. The number of aryl methyl sites for hydroxylation is 1. The number of benzene rings is 1. The molecule has 0 aliphatic carbocycles. The number of rotatable bonds is 3. The first-order chi connectivity index (χ1) is 6.57. The van der Waals surface area contributed by atoms with E-state index in [2.05, 4.69) is 15.9 Å². The van der Waals surface area contributed by atoms with E-state index in [1.54, 1.807) is 19.1 Å². The number of hydrogen-bond acceptors (Lipinski definition) is 2. The maximum absolute atomic E-state index is 13.5. The first-order valence-corrected chi connectivity index (χ1v) is 5.37. The van der Waals surface area contributed by atoms with E-state index in [9.17, 15) is 14.6 Å². The van der Waals surface area contributed by atoms with Crippen LogP contribution in [0.4, 0.5) is 4.39 Å². The van der Waals surface area contributed by atoms with Gasteiger partial charge in [-0.05, 0) is 12.5 Å². The lowest BCUT2D eigenvalue weighted by Gasteiger charge is -2.17. The van der Waals surface area contributed by atoms with Crippen LogP contribution in [0, 0.1) is 12.7 Å². The Morgan fingerprint density at radius 3 is 2.64 bits per heavy atom. The predicted molar refractivity (Wildman–Crippen MR) is 55.9 cm³/mol. The number of hydrogen-bond donors (Lipinski definition) is 2. The van der Waals surface area contributed by atoms with Crippen molar-refractivity contribution in [3.63, 3.8) is 0 Å². The summed E-state index contributed by atoms with van der Waals surface area (Å²) in [7, 11) is 0. The molecule has 1 rings (SSSR count). The highest BCUT2D eigenvalue weighted by Gasteiger charge is 2.20. The lowest BCUT2D eigenvalue weighted by atomic mass is 10.0. The molecule has 0 heterocycles. The van der Waals surface area contributed by atoms with E-state index < -0.39 is 18.0 Å². The number of alkyl halides is 1. The third-order valence-corrected chi connectivity index (χ3v) is 2.73. The molecule has 2 N–H and O–H groups in total. The summed E-state index contributed by atoms with van der Waals surface area (Å²) in [4.78, 5) is 0. The van der Waals surface area contributed by atoms with Gasteiger partial charge in [0.15, 0.2) is 0 Å². The van der Waals surface area contributed by atoms with Crippen molar-refractivity contribution >= 4 is 15.9 Å². The van der Waals surface area contributed by atoms with Gasteiger partial charge in [-0.2, -0.15) is 0 Å². The van der Waals surface area contributed by atoms with Crippen LogP contribution in [-0.2, 0) is 0 Å². The summed E-state index contributed by atoms with van der Waals surface area (Å²) in [5.74, 6) is -0.458. The number of halogens is 2. The van der Waals surface area contributed by atoms with Crippen molar-refractivity contribution in [1.82, 2.24) is 0 Å². The van der Waals surface area contributed by atoms with Crippen molar-refractivity contribution in [3.8, 4) is 0 Å². The highest BCUT2D eigenvalue weighted by atomic mass is 79.9. The van der Waals surface area contributed by atoms with Crippen LogP contribution >= 0.6 is 15.9 Å². The zero-order valence-electron chi connectivity index (χ0n) is 7.74. The Balaban J connectivity index is 3.01. The second kappa shape index (κ2) is 4.87. The Bertz CT molecular complexity index is 317. The molecule has 1 aromatic carbocycles. The zero-order chi connectivity index (χ0) is 10.7. The Morgan fingerprint density at radius 2 is 2.07 bits per heavy atom. The van der Waals surface area contributed by atoms with E-state index in [0.29, 0.717) is 5.56 Å². The number of aliphatic hydroxyl groups excluding tert-OH is 2. The van der Waals surface area contributed by atoms with E-state index in [1.807, 2.05) is 0 Å². The molecule has 0 spiro atoms. The maximum atomic E-state index is 13.5. The summed E-state index contributed by atoms with van der Waals surface area (Å²) in [5.41, 5.74) is 0.597. The molecule has 0 radical (unpaired) electrons. The normalized spacial score (nSPS) is 15.2. The van der Waals surface area contributed by atoms with Crippen LogP contribution in [-0.4, -0.2) is 21.6 Å². The molecule has 78 valence electrons. The lowest BCUT2D eigenvalue weighted by Crippen LogP contribution is -2.20. The van der Waals surface area contributed by atoms with Gasteiger partial charge in [-0.25, -0.2) is 4.39 Å². The molecule has 2 atom stereocenters. The van der Waals surface area contributed by atoms with Gasteiger partial charge < -0.3 is 10.2 Å². The van der Waals surface area contributed by atoms with Crippen LogP contribution in [0.25, 0.3) is 0 Å². The second-order valence-electron chi connectivity index (χ2n) is 3.14. The summed E-state index contributed by atoms with van der Waals surface area (Å²) in [6.45, 7) is 1.62. The van der Waals surface area contributed by atoms with Crippen molar-refractivity contribution < 1.29 is 14.6 Å². The van der Waals surface area contributed by atoms with Crippen LogP contribution in [0.5, 0.6) is 0 Å². The van der Waals surface area contributed by atoms with Crippen LogP contribution in [0.2, 0.25) is 0 Å². The molecule has 2 unspecified atom stereocenters. The number of aliphatic hydroxyl groups is 2. The average molecular weight is 263 g/mol. The Kier molecular flexibility index (Phi) is 4.04. The molecular weight excluding hydrogens is 251 g/mol. The minimum Gasteiger partial charge on any atom is -0.389 e. The molecule has 0 aliphatic rings. The molecule has 0 saturated heterocycles. The Hall–Kier alpha value is -0.450. The van der Waals surface area contributed by atoms with Crippen LogP contribution in [0.3, 0.4) is 0 Å². The van der Waals surface area contributed by atoms with Gasteiger partial charge in [-0.3, -0.25) is 0 Å². The van der Waals surface area contributed by atoms with Crippen molar-refractivity contribution in [2.75, 3.05) is 5.33 Å². The van der Waals surface area contributed by atoms with Gasteiger partial charge >= 0.3 is 0 Å². The third-order valence-electron chi connectivity index (χ3n) is 2.06. The first-order valence-electron chi connectivity index (χ1n) is 4.25. The SMILES string of the molecule is Cc1cccc(C(O)C(O)CBr)c1F. The summed E-state index contributed by atoms with van der Waals surface area (Å²) in [6, 6.07) is 4.74. The molecule has 0 fully saturated rings. The molecule has 2 nitrogen and oxygen atoms in total. The summed E-state index contributed by atoms with van der Waals surface area (Å²) < 4.78 is 13.5. The van der Waals surface area contributed by atoms with Crippen LogP contribution in [0.1, 0.15) is 17.2 Å². The molecule has 4 heteroatoms. The monoisotopic (exact) mass is 262 g/mol. The molecule has 0 aromatic heterocycles. The average Bonchev–Trinajstić information content (AvgIpc) is 2.20. The lowest BCUT2D eigenvalue weighted by molar-refractivity contribution is 0.0319. The van der Waals surface area contributed by atoms with Crippen LogP contribution < -0.4 is 0 Å². The fraction of sp³-hybridized carbons (Fsp3) is 0.400. The highest BCUT2D eigenvalue weighted by Crippen LogP contribution is 2.22. The van der Waals surface area contributed by atoms with Crippen molar-refractivity contribution in [2.45, 2.75) is 19.1 Å². The van der Waals surface area contributed by atoms with Gasteiger partial charge in [0, 0.05) is 10.9 Å². The molecule has 0 aliphatic heterocycles. The van der Waals surface area contributed by atoms with Gasteiger partial charge in [-0.1, -0.05) is 34.1 Å². The standard InChI is InChI=1S/C10H12BrFO2/c1-6-3-2-4-7(9(6)12)10(14)8(13)5-11/h2-4,8,10,13-14H,5H2,1H3. The molecule has 0 bridgehead atoms. The Morgan fingerprint density at radius 1 is 1.43 bits per heavy atom. The van der Waals surface area contributed by atoms with Gasteiger partial charge in [0.05, 0.1) is 6.10 Å². The van der Waals surface area contributed by atoms with Gasteiger partial charge in [0.1, 0.15) is 11.9 Å². The van der Waals surface area contributed by atoms with Crippen LogP contribution in [0.15, 0.2) is 18.2 Å². The molecule has 0 saturated carbocycles. The fourth-order valence-corrected chi connectivity index (χ4v) is 1.54. The van der Waals surface area contributed by atoms with Crippen molar-refractivity contribution in [3.05, 3.63) is 35.1 Å². The smallest absolute Gasteiger partial charge is 0.132 e. The van der Waals surface area contributed by atoms with Gasteiger partial charge in [0.2, 0.25) is 0 Å².